The fourth-order valence-corrected chi connectivity index (χ4v) is 2.80. The van der Waals surface area contributed by atoms with Crippen LogP contribution in [0.25, 0.3) is 0 Å². The van der Waals surface area contributed by atoms with Crippen molar-refractivity contribution in [3.8, 4) is 0 Å². The van der Waals surface area contributed by atoms with Gasteiger partial charge in [-0.2, -0.15) is 0 Å². The van der Waals surface area contributed by atoms with E-state index in [0.717, 1.165) is 17.1 Å². The van der Waals surface area contributed by atoms with Crippen LogP contribution in [-0.4, -0.2) is 12.1 Å². The van der Waals surface area contributed by atoms with Crippen molar-refractivity contribution in [2.24, 2.45) is 0 Å². The zero-order valence-electron chi connectivity index (χ0n) is 10.5. The van der Waals surface area contributed by atoms with Gasteiger partial charge in [-0.15, -0.1) is 11.3 Å². The number of aryl methyl sites for hydroxylation is 2. The van der Waals surface area contributed by atoms with Gasteiger partial charge in [0.1, 0.15) is 0 Å². The molecule has 2 nitrogen and oxygen atoms in total. The zero-order chi connectivity index (χ0) is 12.3. The van der Waals surface area contributed by atoms with Crippen LogP contribution in [0.3, 0.4) is 0 Å². The van der Waals surface area contributed by atoms with Gasteiger partial charge in [-0.1, -0.05) is 29.3 Å². The third-order valence-corrected chi connectivity index (χ3v) is 3.43. The first kappa shape index (κ1) is 12.3. The lowest BCUT2D eigenvalue weighted by atomic mass is 10.1. The van der Waals surface area contributed by atoms with Gasteiger partial charge in [-0.25, -0.2) is 4.98 Å². The zero-order valence-corrected chi connectivity index (χ0v) is 11.3. The first-order valence-corrected chi connectivity index (χ1v) is 6.55. The molecule has 0 bridgehead atoms. The molecule has 0 aliphatic heterocycles. The molecule has 2 aromatic rings. The highest BCUT2D eigenvalue weighted by atomic mass is 32.1. The van der Waals surface area contributed by atoms with Crippen molar-refractivity contribution >= 4 is 11.3 Å². The molecule has 0 saturated heterocycles. The minimum Gasteiger partial charge on any atom is -0.378 e. The number of hydrogen-bond donors (Lipinski definition) is 0. The number of methoxy groups -OCH3 is 1. The Kier molecular flexibility index (Phi) is 3.92. The number of benzene rings is 1. The third-order valence-electron chi connectivity index (χ3n) is 2.53. The number of ether oxygens (including phenoxy) is 1. The van der Waals surface area contributed by atoms with Crippen LogP contribution in [-0.2, 0) is 17.8 Å². The molecule has 2 rings (SSSR count). The Labute approximate surface area is 106 Å². The number of hydrogen-bond acceptors (Lipinski definition) is 3. The summed E-state index contributed by atoms with van der Waals surface area (Å²) < 4.78 is 5.07. The van der Waals surface area contributed by atoms with Crippen molar-refractivity contribution in [2.45, 2.75) is 26.9 Å². The van der Waals surface area contributed by atoms with Gasteiger partial charge >= 0.3 is 0 Å². The van der Waals surface area contributed by atoms with Crippen LogP contribution < -0.4 is 0 Å². The number of aromatic nitrogens is 1. The average Bonchev–Trinajstić information content (AvgIpc) is 2.64. The van der Waals surface area contributed by atoms with Crippen LogP contribution in [0.15, 0.2) is 23.6 Å². The van der Waals surface area contributed by atoms with E-state index in [-0.39, 0.29) is 0 Å². The summed E-state index contributed by atoms with van der Waals surface area (Å²) in [5.41, 5.74) is 4.99. The lowest BCUT2D eigenvalue weighted by Crippen LogP contribution is -1.92. The minimum atomic E-state index is 0.601. The Morgan fingerprint density at radius 1 is 1.18 bits per heavy atom. The molecule has 0 amide bonds. The minimum absolute atomic E-state index is 0.601. The van der Waals surface area contributed by atoms with Gasteiger partial charge in [0.25, 0.3) is 0 Å². The van der Waals surface area contributed by atoms with E-state index < -0.39 is 0 Å². The van der Waals surface area contributed by atoms with E-state index in [1.807, 2.05) is 0 Å². The summed E-state index contributed by atoms with van der Waals surface area (Å²) in [6.45, 7) is 4.87. The van der Waals surface area contributed by atoms with Gasteiger partial charge in [-0.3, -0.25) is 0 Å². The molecule has 0 radical (unpaired) electrons. The molecule has 0 aliphatic carbocycles. The van der Waals surface area contributed by atoms with E-state index in [1.165, 1.54) is 16.7 Å². The molecule has 1 heterocycles. The molecule has 0 saturated carbocycles. The topological polar surface area (TPSA) is 22.1 Å². The van der Waals surface area contributed by atoms with E-state index >= 15 is 0 Å². The first-order valence-electron chi connectivity index (χ1n) is 5.67. The van der Waals surface area contributed by atoms with E-state index in [4.69, 9.17) is 4.74 Å². The molecule has 90 valence electrons. The lowest BCUT2D eigenvalue weighted by molar-refractivity contribution is 0.182. The van der Waals surface area contributed by atoms with Crippen molar-refractivity contribution in [3.63, 3.8) is 0 Å². The molecule has 1 aromatic heterocycles. The van der Waals surface area contributed by atoms with Gasteiger partial charge in [0.15, 0.2) is 0 Å². The highest BCUT2D eigenvalue weighted by molar-refractivity contribution is 7.09. The molecule has 0 N–H and O–H groups in total. The van der Waals surface area contributed by atoms with E-state index in [1.54, 1.807) is 18.4 Å². The predicted molar refractivity (Wildman–Crippen MR) is 71.5 cm³/mol. The van der Waals surface area contributed by atoms with Crippen LogP contribution >= 0.6 is 11.3 Å². The Morgan fingerprint density at radius 3 is 2.53 bits per heavy atom. The molecule has 17 heavy (non-hydrogen) atoms. The average molecular weight is 247 g/mol. The van der Waals surface area contributed by atoms with Crippen molar-refractivity contribution in [3.05, 3.63) is 51.0 Å². The van der Waals surface area contributed by atoms with Gasteiger partial charge in [-0.05, 0) is 19.4 Å². The Bertz CT molecular complexity index is 484. The van der Waals surface area contributed by atoms with Gasteiger partial charge in [0.05, 0.1) is 17.3 Å². The molecular weight excluding hydrogens is 230 g/mol. The van der Waals surface area contributed by atoms with Crippen LogP contribution in [0.4, 0.5) is 0 Å². The van der Waals surface area contributed by atoms with E-state index in [9.17, 15) is 0 Å². The summed E-state index contributed by atoms with van der Waals surface area (Å²) in [5, 5.41) is 3.23. The van der Waals surface area contributed by atoms with Gasteiger partial charge in [0.2, 0.25) is 0 Å². The number of rotatable bonds is 4. The number of nitrogens with zero attached hydrogens (tertiary/aromatic N) is 1. The molecule has 0 spiro atoms. The molecule has 0 atom stereocenters. The van der Waals surface area contributed by atoms with Crippen LogP contribution in [0.5, 0.6) is 0 Å². The maximum atomic E-state index is 5.07. The molecule has 3 heteroatoms. The summed E-state index contributed by atoms with van der Waals surface area (Å²) in [6.07, 6.45) is 0.914. The van der Waals surface area contributed by atoms with Crippen LogP contribution in [0, 0.1) is 13.8 Å². The molecule has 0 aliphatic rings. The van der Waals surface area contributed by atoms with Crippen LogP contribution in [0.2, 0.25) is 0 Å². The second-order valence-electron chi connectivity index (χ2n) is 4.34. The number of thiazole rings is 1. The first-order chi connectivity index (χ1) is 8.17. The largest absolute Gasteiger partial charge is 0.378 e. The highest BCUT2D eigenvalue weighted by Crippen LogP contribution is 2.17. The van der Waals surface area contributed by atoms with E-state index in [2.05, 4.69) is 42.4 Å². The standard InChI is InChI=1S/C14H17NOS/c1-10-4-11(2)6-12(5-10)7-14-15-13(8-16-3)9-17-14/h4-6,9H,7-8H2,1-3H3. The Hall–Kier alpha value is -1.19. The maximum absolute atomic E-state index is 5.07. The quantitative estimate of drug-likeness (QED) is 0.825. The van der Waals surface area contributed by atoms with Crippen molar-refractivity contribution in [1.82, 2.24) is 4.98 Å². The Balaban J connectivity index is 2.13. The summed E-state index contributed by atoms with van der Waals surface area (Å²) in [6, 6.07) is 6.65. The second kappa shape index (κ2) is 5.43. The van der Waals surface area contributed by atoms with Crippen molar-refractivity contribution in [2.75, 3.05) is 7.11 Å². The van der Waals surface area contributed by atoms with Gasteiger partial charge < -0.3 is 4.74 Å². The molecular formula is C14H17NOS. The smallest absolute Gasteiger partial charge is 0.0973 e. The predicted octanol–water partition coefficient (Wildman–Crippen LogP) is 3.50. The summed E-state index contributed by atoms with van der Waals surface area (Å²) in [7, 11) is 1.70. The maximum Gasteiger partial charge on any atom is 0.0973 e. The highest BCUT2D eigenvalue weighted by Gasteiger charge is 2.04. The fraction of sp³-hybridized carbons (Fsp3) is 0.357. The summed E-state index contributed by atoms with van der Waals surface area (Å²) in [4.78, 5) is 4.55. The van der Waals surface area contributed by atoms with Gasteiger partial charge in [0, 0.05) is 18.9 Å². The van der Waals surface area contributed by atoms with E-state index in [0.29, 0.717) is 6.61 Å². The van der Waals surface area contributed by atoms with Crippen molar-refractivity contribution in [1.29, 1.82) is 0 Å². The third kappa shape index (κ3) is 3.38. The normalized spacial score (nSPS) is 10.8. The lowest BCUT2D eigenvalue weighted by Gasteiger charge is -2.02. The summed E-state index contributed by atoms with van der Waals surface area (Å²) in [5.74, 6) is 0. The summed E-state index contributed by atoms with van der Waals surface area (Å²) >= 11 is 1.70. The molecule has 0 unspecified atom stereocenters. The molecule has 0 fully saturated rings. The van der Waals surface area contributed by atoms with Crippen molar-refractivity contribution < 1.29 is 4.74 Å². The molecule has 1 aromatic carbocycles. The Morgan fingerprint density at radius 2 is 1.88 bits per heavy atom. The fourth-order valence-electron chi connectivity index (χ4n) is 1.99. The monoisotopic (exact) mass is 247 g/mol. The second-order valence-corrected chi connectivity index (χ2v) is 5.28. The SMILES string of the molecule is COCc1csc(Cc2cc(C)cc(C)c2)n1. The van der Waals surface area contributed by atoms with Crippen LogP contribution in [0.1, 0.15) is 27.4 Å².